The Morgan fingerprint density at radius 2 is 2.39 bits per heavy atom. The summed E-state index contributed by atoms with van der Waals surface area (Å²) in [5.41, 5.74) is -0.0340. The minimum Gasteiger partial charge on any atom is -0.508 e. The number of phenols is 1. The summed E-state index contributed by atoms with van der Waals surface area (Å²) in [6.45, 7) is 1.18. The van der Waals surface area contributed by atoms with Gasteiger partial charge in [0.05, 0.1) is 11.7 Å². The highest BCUT2D eigenvalue weighted by molar-refractivity contribution is 5.94. The van der Waals surface area contributed by atoms with Crippen LogP contribution in [0.4, 0.5) is 4.39 Å². The molecule has 1 amide bonds. The van der Waals surface area contributed by atoms with Gasteiger partial charge in [-0.3, -0.25) is 4.79 Å². The van der Waals surface area contributed by atoms with E-state index in [1.165, 1.54) is 17.0 Å². The number of nitrogens with zero attached hydrogens (tertiary/aromatic N) is 1. The number of amides is 1. The second-order valence-corrected chi connectivity index (χ2v) is 4.48. The summed E-state index contributed by atoms with van der Waals surface area (Å²) in [6.07, 6.45) is 1.97. The van der Waals surface area contributed by atoms with E-state index in [-0.39, 0.29) is 17.4 Å². The summed E-state index contributed by atoms with van der Waals surface area (Å²) in [5.74, 6) is -1.30. The van der Waals surface area contributed by atoms with Crippen LogP contribution in [0, 0.1) is 5.82 Å². The van der Waals surface area contributed by atoms with Crippen molar-refractivity contribution in [3.8, 4) is 5.75 Å². The second-order valence-electron chi connectivity index (χ2n) is 4.48. The minimum absolute atomic E-state index is 0.0340. The number of hydrogen-bond donors (Lipinski definition) is 1. The lowest BCUT2D eigenvalue weighted by molar-refractivity contribution is 0.0583. The first kappa shape index (κ1) is 12.8. The lowest BCUT2D eigenvalue weighted by Gasteiger charge is -2.21. The monoisotopic (exact) mass is 253 g/mol. The molecule has 0 bridgehead atoms. The molecular formula is C13H16FNO3. The molecule has 0 radical (unpaired) electrons. The zero-order chi connectivity index (χ0) is 13.1. The Balaban J connectivity index is 2.05. The fraction of sp³-hybridized carbons (Fsp3) is 0.462. The van der Waals surface area contributed by atoms with E-state index in [1.54, 1.807) is 7.05 Å². The highest BCUT2D eigenvalue weighted by Gasteiger charge is 2.22. The summed E-state index contributed by atoms with van der Waals surface area (Å²) in [4.78, 5) is 13.5. The van der Waals surface area contributed by atoms with E-state index < -0.39 is 11.7 Å². The van der Waals surface area contributed by atoms with Gasteiger partial charge >= 0.3 is 0 Å². The number of benzene rings is 1. The average molecular weight is 253 g/mol. The van der Waals surface area contributed by atoms with E-state index in [0.717, 1.165) is 25.5 Å². The van der Waals surface area contributed by atoms with Gasteiger partial charge in [-0.05, 0) is 25.0 Å². The fourth-order valence-electron chi connectivity index (χ4n) is 2.06. The standard InChI is InChI=1S/C13H16FNO3/c1-15(8-10-3-2-6-18-10)13(17)11-5-4-9(16)7-12(11)14/h4-5,7,10,16H,2-3,6,8H2,1H3. The molecule has 1 saturated heterocycles. The molecule has 0 aromatic heterocycles. The molecule has 1 heterocycles. The van der Waals surface area contributed by atoms with Gasteiger partial charge in [0.2, 0.25) is 0 Å². The van der Waals surface area contributed by atoms with Crippen molar-refractivity contribution in [2.75, 3.05) is 20.2 Å². The summed E-state index contributed by atoms with van der Waals surface area (Å²) >= 11 is 0. The van der Waals surface area contributed by atoms with Crippen molar-refractivity contribution in [3.05, 3.63) is 29.6 Å². The zero-order valence-electron chi connectivity index (χ0n) is 10.2. The third-order valence-corrected chi connectivity index (χ3v) is 3.03. The fourth-order valence-corrected chi connectivity index (χ4v) is 2.06. The molecule has 1 aromatic rings. The number of hydrogen-bond acceptors (Lipinski definition) is 3. The predicted molar refractivity (Wildman–Crippen MR) is 64.0 cm³/mol. The molecule has 1 fully saturated rings. The quantitative estimate of drug-likeness (QED) is 0.893. The number of halogens is 1. The normalized spacial score (nSPS) is 18.9. The third kappa shape index (κ3) is 2.79. The minimum atomic E-state index is -0.709. The zero-order valence-corrected chi connectivity index (χ0v) is 10.2. The van der Waals surface area contributed by atoms with Crippen LogP contribution in [0.5, 0.6) is 5.75 Å². The van der Waals surface area contributed by atoms with Gasteiger partial charge in [-0.25, -0.2) is 4.39 Å². The molecule has 1 aliphatic rings. The number of phenolic OH excluding ortho intramolecular Hbond substituents is 1. The predicted octanol–water partition coefficient (Wildman–Crippen LogP) is 1.78. The van der Waals surface area contributed by atoms with Gasteiger partial charge in [-0.1, -0.05) is 0 Å². The Bertz CT molecular complexity index is 444. The van der Waals surface area contributed by atoms with Gasteiger partial charge in [0.15, 0.2) is 0 Å². The van der Waals surface area contributed by atoms with Crippen LogP contribution < -0.4 is 0 Å². The Hall–Kier alpha value is -1.62. The first-order chi connectivity index (χ1) is 8.58. The van der Waals surface area contributed by atoms with E-state index in [0.29, 0.717) is 6.54 Å². The number of carbonyl (C=O) groups is 1. The van der Waals surface area contributed by atoms with Crippen LogP contribution >= 0.6 is 0 Å². The van der Waals surface area contributed by atoms with Crippen LogP contribution in [0.25, 0.3) is 0 Å². The van der Waals surface area contributed by atoms with Crippen molar-refractivity contribution in [1.82, 2.24) is 4.90 Å². The number of rotatable bonds is 3. The highest BCUT2D eigenvalue weighted by Crippen LogP contribution is 2.18. The third-order valence-electron chi connectivity index (χ3n) is 3.03. The van der Waals surface area contributed by atoms with Crippen LogP contribution in [-0.4, -0.2) is 42.2 Å². The molecule has 1 N–H and O–H groups in total. The molecule has 0 spiro atoms. The maximum absolute atomic E-state index is 13.5. The van der Waals surface area contributed by atoms with Gasteiger partial charge < -0.3 is 14.7 Å². The molecule has 4 nitrogen and oxygen atoms in total. The van der Waals surface area contributed by atoms with Crippen LogP contribution in [0.3, 0.4) is 0 Å². The van der Waals surface area contributed by atoms with Crippen LogP contribution in [0.15, 0.2) is 18.2 Å². The maximum atomic E-state index is 13.5. The Kier molecular flexibility index (Phi) is 3.81. The van der Waals surface area contributed by atoms with Gasteiger partial charge in [0.1, 0.15) is 11.6 Å². The van der Waals surface area contributed by atoms with E-state index in [2.05, 4.69) is 0 Å². The summed E-state index contributed by atoms with van der Waals surface area (Å²) in [7, 11) is 1.62. The van der Waals surface area contributed by atoms with Crippen molar-refractivity contribution in [1.29, 1.82) is 0 Å². The number of carbonyl (C=O) groups excluding carboxylic acids is 1. The van der Waals surface area contributed by atoms with E-state index in [4.69, 9.17) is 9.84 Å². The van der Waals surface area contributed by atoms with E-state index in [9.17, 15) is 9.18 Å². The van der Waals surface area contributed by atoms with Crippen molar-refractivity contribution >= 4 is 5.91 Å². The topological polar surface area (TPSA) is 49.8 Å². The number of likely N-dealkylation sites (N-methyl/N-ethyl adjacent to an activating group) is 1. The van der Waals surface area contributed by atoms with Gasteiger partial charge in [0.25, 0.3) is 5.91 Å². The smallest absolute Gasteiger partial charge is 0.256 e. The molecule has 1 aliphatic heterocycles. The molecule has 1 unspecified atom stereocenters. The molecule has 98 valence electrons. The number of ether oxygens (including phenoxy) is 1. The Labute approximate surface area is 105 Å². The maximum Gasteiger partial charge on any atom is 0.256 e. The van der Waals surface area contributed by atoms with E-state index >= 15 is 0 Å². The van der Waals surface area contributed by atoms with E-state index in [1.807, 2.05) is 0 Å². The second kappa shape index (κ2) is 5.35. The van der Waals surface area contributed by atoms with Crippen LogP contribution in [-0.2, 0) is 4.74 Å². The van der Waals surface area contributed by atoms with Gasteiger partial charge in [-0.2, -0.15) is 0 Å². The summed E-state index contributed by atoms with van der Waals surface area (Å²) < 4.78 is 19.0. The molecular weight excluding hydrogens is 237 g/mol. The largest absolute Gasteiger partial charge is 0.508 e. The van der Waals surface area contributed by atoms with Gasteiger partial charge in [0, 0.05) is 26.3 Å². The molecule has 18 heavy (non-hydrogen) atoms. The Morgan fingerprint density at radius 3 is 3.00 bits per heavy atom. The van der Waals surface area contributed by atoms with Crippen molar-refractivity contribution < 1.29 is 19.0 Å². The van der Waals surface area contributed by atoms with Crippen LogP contribution in [0.1, 0.15) is 23.2 Å². The van der Waals surface area contributed by atoms with Gasteiger partial charge in [-0.15, -0.1) is 0 Å². The SMILES string of the molecule is CN(CC1CCCO1)C(=O)c1ccc(O)cc1F. The first-order valence-electron chi connectivity index (χ1n) is 5.93. The average Bonchev–Trinajstić information content (AvgIpc) is 2.81. The van der Waals surface area contributed by atoms with Crippen molar-refractivity contribution in [2.24, 2.45) is 0 Å². The molecule has 1 atom stereocenters. The lowest BCUT2D eigenvalue weighted by Crippen LogP contribution is -2.34. The Morgan fingerprint density at radius 1 is 1.61 bits per heavy atom. The number of aromatic hydroxyl groups is 1. The summed E-state index contributed by atoms with van der Waals surface area (Å²) in [6, 6.07) is 3.53. The molecule has 2 rings (SSSR count). The lowest BCUT2D eigenvalue weighted by atomic mass is 10.1. The van der Waals surface area contributed by atoms with Crippen molar-refractivity contribution in [3.63, 3.8) is 0 Å². The molecule has 0 saturated carbocycles. The highest BCUT2D eigenvalue weighted by atomic mass is 19.1. The molecule has 1 aromatic carbocycles. The molecule has 0 aliphatic carbocycles. The van der Waals surface area contributed by atoms with Crippen LogP contribution in [0.2, 0.25) is 0 Å². The molecule has 5 heteroatoms. The van der Waals surface area contributed by atoms with Crippen molar-refractivity contribution in [2.45, 2.75) is 18.9 Å². The first-order valence-corrected chi connectivity index (χ1v) is 5.93. The summed E-state index contributed by atoms with van der Waals surface area (Å²) in [5, 5.41) is 9.10.